The monoisotopic (exact) mass is 354 g/mol. The van der Waals surface area contributed by atoms with E-state index in [9.17, 15) is 4.79 Å². The fourth-order valence-corrected chi connectivity index (χ4v) is 3.45. The lowest BCUT2D eigenvalue weighted by Gasteiger charge is -2.15. The van der Waals surface area contributed by atoms with E-state index in [4.69, 9.17) is 11.6 Å². The summed E-state index contributed by atoms with van der Waals surface area (Å²) in [5.41, 5.74) is 3.63. The van der Waals surface area contributed by atoms with Crippen molar-refractivity contribution in [1.82, 2.24) is 19.7 Å². The highest BCUT2D eigenvalue weighted by Gasteiger charge is 2.24. The third-order valence-corrected chi connectivity index (χ3v) is 5.00. The first-order valence-corrected chi connectivity index (χ1v) is 8.81. The van der Waals surface area contributed by atoms with Crippen molar-refractivity contribution in [3.63, 3.8) is 0 Å². The van der Waals surface area contributed by atoms with Crippen LogP contribution in [0.5, 0.6) is 0 Å². The predicted octanol–water partition coefficient (Wildman–Crippen LogP) is 4.08. The molecule has 0 saturated heterocycles. The van der Waals surface area contributed by atoms with Gasteiger partial charge in [0.05, 0.1) is 17.9 Å². The third kappa shape index (κ3) is 3.24. The molecule has 1 atom stereocenters. The summed E-state index contributed by atoms with van der Waals surface area (Å²) in [5, 5.41) is 5.22. The Bertz CT molecular complexity index is 987. The van der Waals surface area contributed by atoms with Gasteiger partial charge in [0.25, 0.3) is 5.56 Å². The highest BCUT2D eigenvalue weighted by atomic mass is 35.5. The molecule has 1 saturated carbocycles. The summed E-state index contributed by atoms with van der Waals surface area (Å²) in [7, 11) is 0. The third-order valence-electron chi connectivity index (χ3n) is 4.68. The van der Waals surface area contributed by atoms with Crippen molar-refractivity contribution in [1.29, 1.82) is 0 Å². The fourth-order valence-electron chi connectivity index (χ4n) is 3.10. The topological polar surface area (TPSA) is 63.6 Å². The molecule has 5 nitrogen and oxygen atoms in total. The second-order valence-electron chi connectivity index (χ2n) is 6.66. The highest BCUT2D eigenvalue weighted by molar-refractivity contribution is 6.31. The SMILES string of the molecule is Cc1nc(-c2cnn([C@H](C)c3ccc(C4CC4)cc3Cl)c2)cc(=O)[nH]1. The largest absolute Gasteiger partial charge is 0.311 e. The smallest absolute Gasteiger partial charge is 0.251 e. The van der Waals surface area contributed by atoms with Gasteiger partial charge in [0.2, 0.25) is 0 Å². The van der Waals surface area contributed by atoms with Crippen molar-refractivity contribution in [2.75, 3.05) is 0 Å². The Hall–Kier alpha value is -2.40. The Morgan fingerprint density at radius 3 is 2.80 bits per heavy atom. The van der Waals surface area contributed by atoms with Crippen LogP contribution in [0, 0.1) is 6.92 Å². The molecule has 6 heteroatoms. The average Bonchev–Trinajstić information content (AvgIpc) is 3.30. The Labute approximate surface area is 150 Å². The standard InChI is InChI=1S/C19H19ClN4O/c1-11(16-6-5-14(7-17(16)20)13-3-4-13)24-10-15(9-21-24)18-8-19(25)23-12(2)22-18/h5-11,13H,3-4H2,1-2H3,(H,22,23,25)/t11-/m1/s1. The number of hydrogen-bond acceptors (Lipinski definition) is 3. The van der Waals surface area contributed by atoms with Gasteiger partial charge in [0.15, 0.2) is 0 Å². The number of rotatable bonds is 4. The van der Waals surface area contributed by atoms with Gasteiger partial charge in [-0.3, -0.25) is 9.48 Å². The zero-order valence-corrected chi connectivity index (χ0v) is 14.9. The summed E-state index contributed by atoms with van der Waals surface area (Å²) in [6, 6.07) is 7.82. The van der Waals surface area contributed by atoms with E-state index in [1.807, 2.05) is 10.9 Å². The predicted molar refractivity (Wildman–Crippen MR) is 98.1 cm³/mol. The average molecular weight is 355 g/mol. The number of benzene rings is 1. The van der Waals surface area contributed by atoms with Crippen molar-refractivity contribution in [3.8, 4) is 11.3 Å². The summed E-state index contributed by atoms with van der Waals surface area (Å²) in [4.78, 5) is 18.7. The van der Waals surface area contributed by atoms with Crippen molar-refractivity contribution in [2.45, 2.75) is 38.6 Å². The Balaban J connectivity index is 1.64. The summed E-state index contributed by atoms with van der Waals surface area (Å²) < 4.78 is 1.85. The summed E-state index contributed by atoms with van der Waals surface area (Å²) in [6.07, 6.45) is 6.15. The van der Waals surface area contributed by atoms with Crippen molar-refractivity contribution < 1.29 is 0 Å². The van der Waals surface area contributed by atoms with E-state index in [0.29, 0.717) is 17.4 Å². The minimum absolute atomic E-state index is 0.00223. The molecule has 1 N–H and O–H groups in total. The first-order valence-electron chi connectivity index (χ1n) is 8.43. The number of hydrogen-bond donors (Lipinski definition) is 1. The quantitative estimate of drug-likeness (QED) is 0.767. The van der Waals surface area contributed by atoms with E-state index < -0.39 is 0 Å². The van der Waals surface area contributed by atoms with Gasteiger partial charge in [-0.15, -0.1) is 0 Å². The number of aromatic nitrogens is 4. The van der Waals surface area contributed by atoms with Crippen molar-refractivity contribution in [2.24, 2.45) is 0 Å². The highest BCUT2D eigenvalue weighted by Crippen LogP contribution is 2.41. The van der Waals surface area contributed by atoms with Crippen LogP contribution < -0.4 is 5.56 Å². The molecule has 2 heterocycles. The summed E-state index contributed by atoms with van der Waals surface area (Å²) >= 11 is 6.51. The maximum Gasteiger partial charge on any atom is 0.251 e. The first kappa shape index (κ1) is 16.1. The van der Waals surface area contributed by atoms with Gasteiger partial charge in [0, 0.05) is 22.8 Å². The van der Waals surface area contributed by atoms with Gasteiger partial charge in [-0.25, -0.2) is 4.98 Å². The lowest BCUT2D eigenvalue weighted by molar-refractivity contribution is 0.564. The van der Waals surface area contributed by atoms with E-state index in [1.54, 1.807) is 13.1 Å². The van der Waals surface area contributed by atoms with E-state index in [-0.39, 0.29) is 11.6 Å². The second kappa shape index (κ2) is 6.15. The first-order chi connectivity index (χ1) is 12.0. The minimum atomic E-state index is -0.165. The number of halogens is 1. The molecule has 3 aromatic rings. The van der Waals surface area contributed by atoms with Crippen LogP contribution in [0.4, 0.5) is 0 Å². The van der Waals surface area contributed by atoms with Gasteiger partial charge in [-0.05, 0) is 49.8 Å². The normalized spacial score (nSPS) is 15.3. The molecule has 0 radical (unpaired) electrons. The molecule has 2 aromatic heterocycles. The molecule has 1 fully saturated rings. The molecular formula is C19H19ClN4O. The lowest BCUT2D eigenvalue weighted by Crippen LogP contribution is -2.09. The van der Waals surface area contributed by atoms with E-state index in [1.165, 1.54) is 24.5 Å². The molecule has 128 valence electrons. The van der Waals surface area contributed by atoms with E-state index >= 15 is 0 Å². The zero-order valence-electron chi connectivity index (χ0n) is 14.2. The molecule has 0 unspecified atom stereocenters. The van der Waals surface area contributed by atoms with Gasteiger partial charge >= 0.3 is 0 Å². The van der Waals surface area contributed by atoms with Crippen LogP contribution in [0.3, 0.4) is 0 Å². The summed E-state index contributed by atoms with van der Waals surface area (Å²) in [6.45, 7) is 3.82. The van der Waals surface area contributed by atoms with Crippen LogP contribution >= 0.6 is 11.6 Å². The molecule has 0 bridgehead atoms. The Morgan fingerprint density at radius 2 is 2.12 bits per heavy atom. The molecule has 25 heavy (non-hydrogen) atoms. The van der Waals surface area contributed by atoms with Crippen LogP contribution in [0.15, 0.2) is 41.5 Å². The number of aryl methyl sites for hydroxylation is 1. The van der Waals surface area contributed by atoms with Crippen LogP contribution in [-0.4, -0.2) is 19.7 Å². The molecule has 0 amide bonds. The number of nitrogens with zero attached hydrogens (tertiary/aromatic N) is 3. The molecule has 1 aliphatic rings. The van der Waals surface area contributed by atoms with Crippen molar-refractivity contribution >= 4 is 11.6 Å². The lowest BCUT2D eigenvalue weighted by atomic mass is 10.0. The molecule has 0 spiro atoms. The molecule has 1 aliphatic carbocycles. The van der Waals surface area contributed by atoms with Gasteiger partial charge in [0.1, 0.15) is 5.82 Å². The molecule has 1 aromatic carbocycles. The van der Waals surface area contributed by atoms with Gasteiger partial charge < -0.3 is 4.98 Å². The molecular weight excluding hydrogens is 336 g/mol. The minimum Gasteiger partial charge on any atom is -0.311 e. The van der Waals surface area contributed by atoms with Crippen LogP contribution in [0.1, 0.15) is 48.7 Å². The Morgan fingerprint density at radius 1 is 1.32 bits per heavy atom. The van der Waals surface area contributed by atoms with Crippen LogP contribution in [0.25, 0.3) is 11.3 Å². The van der Waals surface area contributed by atoms with Gasteiger partial charge in [-0.2, -0.15) is 5.10 Å². The van der Waals surface area contributed by atoms with Gasteiger partial charge in [-0.1, -0.05) is 23.7 Å². The fraction of sp³-hybridized carbons (Fsp3) is 0.316. The molecule has 0 aliphatic heterocycles. The van der Waals surface area contributed by atoms with Crippen LogP contribution in [0.2, 0.25) is 5.02 Å². The van der Waals surface area contributed by atoms with E-state index in [0.717, 1.165) is 16.1 Å². The summed E-state index contributed by atoms with van der Waals surface area (Å²) in [5.74, 6) is 1.27. The number of aromatic amines is 1. The van der Waals surface area contributed by atoms with Crippen LogP contribution in [-0.2, 0) is 0 Å². The molecule has 4 rings (SSSR count). The number of nitrogens with one attached hydrogen (secondary N) is 1. The maximum absolute atomic E-state index is 11.6. The number of H-pyrrole nitrogens is 1. The maximum atomic E-state index is 11.6. The van der Waals surface area contributed by atoms with Crippen molar-refractivity contribution in [3.05, 3.63) is 69.0 Å². The zero-order chi connectivity index (χ0) is 17.6. The second-order valence-corrected chi connectivity index (χ2v) is 7.06. The Kier molecular flexibility index (Phi) is 3.96. The van der Waals surface area contributed by atoms with E-state index in [2.05, 4.69) is 40.2 Å².